The van der Waals surface area contributed by atoms with E-state index in [1.807, 2.05) is 20.0 Å². The molecule has 2 heterocycles. The number of fused-ring (bicyclic) bond motifs is 1. The van der Waals surface area contributed by atoms with E-state index in [9.17, 15) is 4.79 Å². The second-order valence-corrected chi connectivity index (χ2v) is 5.26. The van der Waals surface area contributed by atoms with Crippen molar-refractivity contribution in [1.82, 2.24) is 14.9 Å². The summed E-state index contributed by atoms with van der Waals surface area (Å²) in [5, 5.41) is 12.0. The van der Waals surface area contributed by atoms with Crippen LogP contribution in [0, 0.1) is 5.92 Å². The molecule has 1 aliphatic rings. The largest absolute Gasteiger partial charge is 0.394 e. The number of hydrogen-bond acceptors (Lipinski definition) is 3. The molecule has 1 atom stereocenters. The number of aliphatic hydroxyl groups excluding tert-OH is 1. The zero-order chi connectivity index (χ0) is 12.5. The molecule has 2 N–H and O–H groups in total. The summed E-state index contributed by atoms with van der Waals surface area (Å²) in [5.74, 6) is 0.951. The number of aryl methyl sites for hydroxylation is 1. The van der Waals surface area contributed by atoms with Gasteiger partial charge in [-0.2, -0.15) is 0 Å². The Morgan fingerprint density at radius 2 is 2.47 bits per heavy atom. The Bertz CT molecular complexity index is 412. The van der Waals surface area contributed by atoms with Crippen LogP contribution in [-0.2, 0) is 17.8 Å². The molecule has 94 valence electrons. The third-order valence-electron chi connectivity index (χ3n) is 3.18. The third kappa shape index (κ3) is 2.66. The van der Waals surface area contributed by atoms with Crippen LogP contribution in [0.5, 0.6) is 0 Å². The highest BCUT2D eigenvalue weighted by Gasteiger charge is 2.28. The molecule has 1 aliphatic heterocycles. The summed E-state index contributed by atoms with van der Waals surface area (Å²) in [7, 11) is 0. The Balaban J connectivity index is 1.99. The number of nitrogens with one attached hydrogen (secondary N) is 1. The summed E-state index contributed by atoms with van der Waals surface area (Å²) < 4.78 is 2.08. The number of imidazole rings is 1. The van der Waals surface area contributed by atoms with Crippen molar-refractivity contribution >= 4 is 5.91 Å². The van der Waals surface area contributed by atoms with Gasteiger partial charge in [-0.15, -0.1) is 0 Å². The van der Waals surface area contributed by atoms with E-state index in [-0.39, 0.29) is 18.4 Å². The molecule has 1 unspecified atom stereocenters. The van der Waals surface area contributed by atoms with Gasteiger partial charge in [0.1, 0.15) is 5.82 Å². The van der Waals surface area contributed by atoms with E-state index in [1.165, 1.54) is 0 Å². The topological polar surface area (TPSA) is 67.2 Å². The lowest BCUT2D eigenvalue weighted by Gasteiger charge is -2.28. The second-order valence-electron chi connectivity index (χ2n) is 5.26. The van der Waals surface area contributed by atoms with Gasteiger partial charge in [0.2, 0.25) is 5.91 Å². The molecule has 0 aliphatic carbocycles. The number of aromatic nitrogens is 2. The quantitative estimate of drug-likeness (QED) is 0.796. The fourth-order valence-electron chi connectivity index (χ4n) is 2.05. The van der Waals surface area contributed by atoms with Crippen LogP contribution in [0.1, 0.15) is 26.1 Å². The standard InChI is InChI=1S/C12H19N3O2/c1-12(2,8-16)14-11(17)9-3-5-15-6-4-13-10(15)7-9/h4,6,9,16H,3,5,7-8H2,1-2H3,(H,14,17). The lowest BCUT2D eigenvalue weighted by molar-refractivity contribution is -0.127. The van der Waals surface area contributed by atoms with E-state index in [0.717, 1.165) is 18.8 Å². The maximum Gasteiger partial charge on any atom is 0.224 e. The van der Waals surface area contributed by atoms with Crippen LogP contribution in [0.4, 0.5) is 0 Å². The van der Waals surface area contributed by atoms with Crippen LogP contribution in [0.2, 0.25) is 0 Å². The number of amides is 1. The maximum absolute atomic E-state index is 12.0. The van der Waals surface area contributed by atoms with Crippen molar-refractivity contribution < 1.29 is 9.90 Å². The maximum atomic E-state index is 12.0. The Morgan fingerprint density at radius 3 is 3.18 bits per heavy atom. The first kappa shape index (κ1) is 12.1. The average Bonchev–Trinajstić information content (AvgIpc) is 2.75. The number of carbonyl (C=O) groups excluding carboxylic acids is 1. The van der Waals surface area contributed by atoms with Crippen molar-refractivity contribution in [2.45, 2.75) is 38.8 Å². The van der Waals surface area contributed by atoms with Crippen molar-refractivity contribution in [3.63, 3.8) is 0 Å². The molecule has 0 fully saturated rings. The first-order valence-corrected chi connectivity index (χ1v) is 5.95. The van der Waals surface area contributed by atoms with Crippen LogP contribution in [0.25, 0.3) is 0 Å². The monoisotopic (exact) mass is 237 g/mol. The molecule has 1 aromatic heterocycles. The van der Waals surface area contributed by atoms with Gasteiger partial charge in [0.25, 0.3) is 0 Å². The molecule has 2 rings (SSSR count). The molecule has 1 aromatic rings. The van der Waals surface area contributed by atoms with Gasteiger partial charge in [0.15, 0.2) is 0 Å². The van der Waals surface area contributed by atoms with Gasteiger partial charge < -0.3 is 15.0 Å². The summed E-state index contributed by atoms with van der Waals surface area (Å²) >= 11 is 0. The molecule has 0 bridgehead atoms. The molecule has 1 amide bonds. The zero-order valence-corrected chi connectivity index (χ0v) is 10.3. The Morgan fingerprint density at radius 1 is 1.71 bits per heavy atom. The number of nitrogens with zero attached hydrogens (tertiary/aromatic N) is 2. The van der Waals surface area contributed by atoms with E-state index in [2.05, 4.69) is 14.9 Å². The minimum atomic E-state index is -0.552. The van der Waals surface area contributed by atoms with E-state index >= 15 is 0 Å². The summed E-state index contributed by atoms with van der Waals surface area (Å²) in [4.78, 5) is 16.3. The van der Waals surface area contributed by atoms with Crippen molar-refractivity contribution in [3.05, 3.63) is 18.2 Å². The lowest BCUT2D eigenvalue weighted by Crippen LogP contribution is -2.49. The zero-order valence-electron chi connectivity index (χ0n) is 10.3. The van der Waals surface area contributed by atoms with E-state index in [4.69, 9.17) is 5.11 Å². The van der Waals surface area contributed by atoms with Crippen molar-refractivity contribution in [2.24, 2.45) is 5.92 Å². The Labute approximate surface area is 101 Å². The molecule has 0 saturated carbocycles. The fourth-order valence-corrected chi connectivity index (χ4v) is 2.05. The number of hydrogen-bond donors (Lipinski definition) is 2. The van der Waals surface area contributed by atoms with Gasteiger partial charge >= 0.3 is 0 Å². The van der Waals surface area contributed by atoms with Gasteiger partial charge in [-0.05, 0) is 20.3 Å². The fraction of sp³-hybridized carbons (Fsp3) is 0.667. The van der Waals surface area contributed by atoms with Gasteiger partial charge in [-0.1, -0.05) is 0 Å². The molecule has 5 heteroatoms. The molecule has 5 nitrogen and oxygen atoms in total. The van der Waals surface area contributed by atoms with Crippen molar-refractivity contribution in [2.75, 3.05) is 6.61 Å². The molecular weight excluding hydrogens is 218 g/mol. The molecule has 0 radical (unpaired) electrons. The SMILES string of the molecule is CC(C)(CO)NC(=O)C1CCn2ccnc2C1. The normalized spacial score (nSPS) is 19.8. The van der Waals surface area contributed by atoms with Crippen LogP contribution in [0.3, 0.4) is 0 Å². The first-order valence-electron chi connectivity index (χ1n) is 5.95. The van der Waals surface area contributed by atoms with Gasteiger partial charge in [-0.25, -0.2) is 4.98 Å². The Kier molecular flexibility index (Phi) is 3.19. The summed E-state index contributed by atoms with van der Waals surface area (Å²) in [6.07, 6.45) is 5.23. The highest BCUT2D eigenvalue weighted by atomic mass is 16.3. The smallest absolute Gasteiger partial charge is 0.224 e. The average molecular weight is 237 g/mol. The molecule has 0 aromatic carbocycles. The summed E-state index contributed by atoms with van der Waals surface area (Å²) in [6.45, 7) is 4.41. The molecule has 0 spiro atoms. The molecule has 0 saturated heterocycles. The predicted molar refractivity (Wildman–Crippen MR) is 63.3 cm³/mol. The Hall–Kier alpha value is -1.36. The van der Waals surface area contributed by atoms with E-state index in [0.29, 0.717) is 6.42 Å². The second kappa shape index (κ2) is 4.49. The van der Waals surface area contributed by atoms with Crippen molar-refractivity contribution in [1.29, 1.82) is 0 Å². The first-order chi connectivity index (χ1) is 8.02. The number of carbonyl (C=O) groups is 1. The number of aliphatic hydroxyl groups is 1. The van der Waals surface area contributed by atoms with Crippen LogP contribution >= 0.6 is 0 Å². The third-order valence-corrected chi connectivity index (χ3v) is 3.18. The van der Waals surface area contributed by atoms with Crippen LogP contribution in [0.15, 0.2) is 12.4 Å². The number of rotatable bonds is 3. The molecular formula is C12H19N3O2. The summed E-state index contributed by atoms with van der Waals surface area (Å²) in [5.41, 5.74) is -0.552. The summed E-state index contributed by atoms with van der Waals surface area (Å²) in [6, 6.07) is 0. The van der Waals surface area contributed by atoms with Gasteiger partial charge in [-0.3, -0.25) is 4.79 Å². The minimum Gasteiger partial charge on any atom is -0.394 e. The van der Waals surface area contributed by atoms with E-state index < -0.39 is 5.54 Å². The van der Waals surface area contributed by atoms with Crippen molar-refractivity contribution in [3.8, 4) is 0 Å². The van der Waals surface area contributed by atoms with E-state index in [1.54, 1.807) is 6.20 Å². The predicted octanol–water partition coefficient (Wildman–Crippen LogP) is 0.333. The lowest BCUT2D eigenvalue weighted by atomic mass is 9.95. The van der Waals surface area contributed by atoms with Crippen LogP contribution in [-0.4, -0.2) is 32.7 Å². The van der Waals surface area contributed by atoms with Crippen LogP contribution < -0.4 is 5.32 Å². The highest BCUT2D eigenvalue weighted by molar-refractivity contribution is 5.79. The molecule has 17 heavy (non-hydrogen) atoms. The minimum absolute atomic E-state index is 0.0123. The van der Waals surface area contributed by atoms with Gasteiger partial charge in [0.05, 0.1) is 12.1 Å². The van der Waals surface area contributed by atoms with Gasteiger partial charge in [0, 0.05) is 31.3 Å². The highest BCUT2D eigenvalue weighted by Crippen LogP contribution is 2.20.